The van der Waals surface area contributed by atoms with Gasteiger partial charge in [-0.25, -0.2) is 4.39 Å². The number of carbonyl (C=O) groups is 1. The van der Waals surface area contributed by atoms with Crippen LogP contribution in [0, 0.1) is 22.7 Å². The predicted octanol–water partition coefficient (Wildman–Crippen LogP) is 4.48. The maximum Gasteiger partial charge on any atom is 0.178 e. The summed E-state index contributed by atoms with van der Waals surface area (Å²) in [5.74, 6) is 0.0958. The number of hydrogen-bond donors (Lipinski definition) is 1. The van der Waals surface area contributed by atoms with Crippen LogP contribution in [-0.4, -0.2) is 33.7 Å². The minimum Gasteiger partial charge on any atom is -0.390 e. The SMILES string of the molecule is CS[C@@]1(C)CC[C@H]2[C@@H]3CCC4=CC(=O)C=C[C@]4(C)[C@@]3(F)[C@@H](O)C[C@@]21C. The Morgan fingerprint density at radius 2 is 1.96 bits per heavy atom. The fourth-order valence-electron chi connectivity index (χ4n) is 6.75. The molecule has 0 unspecified atom stereocenters. The number of carbonyl (C=O) groups excluding carboxylic acids is 1. The van der Waals surface area contributed by atoms with Crippen LogP contribution in [0.5, 0.6) is 0 Å². The molecule has 0 aromatic rings. The van der Waals surface area contributed by atoms with Gasteiger partial charge in [-0.3, -0.25) is 4.79 Å². The highest BCUT2D eigenvalue weighted by atomic mass is 32.2. The van der Waals surface area contributed by atoms with Crippen LogP contribution in [0.2, 0.25) is 0 Å². The van der Waals surface area contributed by atoms with Crippen molar-refractivity contribution in [2.24, 2.45) is 22.7 Å². The maximum atomic E-state index is 16.8. The van der Waals surface area contributed by atoms with E-state index in [1.165, 1.54) is 6.08 Å². The molecule has 4 rings (SSSR count). The van der Waals surface area contributed by atoms with E-state index < -0.39 is 17.2 Å². The number of ketones is 1. The lowest BCUT2D eigenvalue weighted by Crippen LogP contribution is -2.67. The van der Waals surface area contributed by atoms with Gasteiger partial charge >= 0.3 is 0 Å². The van der Waals surface area contributed by atoms with E-state index in [-0.39, 0.29) is 21.9 Å². The molecule has 3 saturated carbocycles. The van der Waals surface area contributed by atoms with E-state index >= 15 is 4.39 Å². The number of hydrogen-bond acceptors (Lipinski definition) is 3. The number of aliphatic hydroxyl groups is 1. The predicted molar refractivity (Wildman–Crippen MR) is 100 cm³/mol. The molecule has 25 heavy (non-hydrogen) atoms. The highest BCUT2D eigenvalue weighted by Gasteiger charge is 2.72. The van der Waals surface area contributed by atoms with Gasteiger partial charge in [-0.05, 0) is 75.7 Å². The Labute approximate surface area is 154 Å². The van der Waals surface area contributed by atoms with Crippen molar-refractivity contribution >= 4 is 17.5 Å². The second kappa shape index (κ2) is 5.22. The summed E-state index contributed by atoms with van der Waals surface area (Å²) in [5.41, 5.74) is -1.71. The van der Waals surface area contributed by atoms with Crippen LogP contribution in [0.4, 0.5) is 4.39 Å². The Bertz CT molecular complexity index is 687. The summed E-state index contributed by atoms with van der Waals surface area (Å²) < 4.78 is 16.9. The Balaban J connectivity index is 1.82. The number of thioether (sulfide) groups is 1. The molecule has 0 aliphatic heterocycles. The molecule has 0 radical (unpaired) electrons. The summed E-state index contributed by atoms with van der Waals surface area (Å²) in [6.07, 6.45) is 10.1. The normalized spacial score (nSPS) is 54.6. The van der Waals surface area contributed by atoms with E-state index in [9.17, 15) is 9.90 Å². The Hall–Kier alpha value is -0.610. The van der Waals surface area contributed by atoms with Crippen LogP contribution in [0.15, 0.2) is 23.8 Å². The lowest BCUT2D eigenvalue weighted by Gasteiger charge is -2.63. The molecule has 4 aliphatic rings. The van der Waals surface area contributed by atoms with E-state index in [0.29, 0.717) is 12.3 Å². The minimum atomic E-state index is -1.68. The lowest BCUT2D eigenvalue weighted by atomic mass is 9.45. The zero-order valence-corrected chi connectivity index (χ0v) is 16.5. The molecule has 3 fully saturated rings. The molecule has 0 heterocycles. The lowest BCUT2D eigenvalue weighted by molar-refractivity contribution is -0.191. The third kappa shape index (κ3) is 1.93. The smallest absolute Gasteiger partial charge is 0.178 e. The summed E-state index contributed by atoms with van der Waals surface area (Å²) in [4.78, 5) is 11.8. The van der Waals surface area contributed by atoms with Crippen LogP contribution in [0.1, 0.15) is 52.9 Å². The Morgan fingerprint density at radius 1 is 1.24 bits per heavy atom. The molecule has 138 valence electrons. The molecule has 7 atom stereocenters. The summed E-state index contributed by atoms with van der Waals surface area (Å²) in [6, 6.07) is 0. The van der Waals surface area contributed by atoms with E-state index in [1.54, 1.807) is 12.2 Å². The van der Waals surface area contributed by atoms with Gasteiger partial charge in [-0.2, -0.15) is 11.8 Å². The zero-order valence-electron chi connectivity index (χ0n) is 15.6. The Kier molecular flexibility index (Phi) is 3.71. The second-order valence-corrected chi connectivity index (χ2v) is 10.5. The van der Waals surface area contributed by atoms with E-state index in [1.807, 2.05) is 18.7 Å². The van der Waals surface area contributed by atoms with Gasteiger partial charge in [-0.1, -0.05) is 18.6 Å². The third-order valence-electron chi connectivity index (χ3n) is 8.62. The van der Waals surface area contributed by atoms with Gasteiger partial charge in [0, 0.05) is 16.1 Å². The number of fused-ring (bicyclic) bond motifs is 5. The summed E-state index contributed by atoms with van der Waals surface area (Å²) in [5, 5.41) is 11.1. The molecule has 0 bridgehead atoms. The quantitative estimate of drug-likeness (QED) is 0.745. The summed E-state index contributed by atoms with van der Waals surface area (Å²) in [7, 11) is 0. The van der Waals surface area contributed by atoms with Gasteiger partial charge in [0.2, 0.25) is 0 Å². The highest BCUT2D eigenvalue weighted by molar-refractivity contribution is 8.00. The standard InChI is InChI=1S/C21H29FO2S/c1-18-9-7-14(23)11-13(18)5-6-16-15-8-10-20(3,25-4)19(15,2)12-17(24)21(16,18)22/h7,9,11,15-17,24H,5-6,8,10,12H2,1-4H3/t15-,16-,17-,18-,19-,20-,21-/m0/s1. The number of allylic oxidation sites excluding steroid dienone is 4. The molecular weight excluding hydrogens is 335 g/mol. The van der Waals surface area contributed by atoms with Gasteiger partial charge in [0.25, 0.3) is 0 Å². The van der Waals surface area contributed by atoms with Crippen LogP contribution >= 0.6 is 11.8 Å². The summed E-state index contributed by atoms with van der Waals surface area (Å²) in [6.45, 7) is 6.46. The first-order chi connectivity index (χ1) is 11.6. The first kappa shape index (κ1) is 17.8. The first-order valence-electron chi connectivity index (χ1n) is 9.49. The Morgan fingerprint density at radius 3 is 2.64 bits per heavy atom. The van der Waals surface area contributed by atoms with E-state index in [2.05, 4.69) is 20.1 Å². The molecule has 0 aromatic carbocycles. The topological polar surface area (TPSA) is 37.3 Å². The molecule has 1 N–H and O–H groups in total. The van der Waals surface area contributed by atoms with Gasteiger partial charge in [-0.15, -0.1) is 0 Å². The molecular formula is C21H29FO2S. The molecule has 0 spiro atoms. The van der Waals surface area contributed by atoms with Crippen molar-refractivity contribution in [2.45, 2.75) is 69.4 Å². The number of halogens is 1. The van der Waals surface area contributed by atoms with Crippen LogP contribution in [0.25, 0.3) is 0 Å². The van der Waals surface area contributed by atoms with Gasteiger partial charge in [0.1, 0.15) is 0 Å². The third-order valence-corrected chi connectivity index (χ3v) is 10.2. The van der Waals surface area contributed by atoms with Crippen molar-refractivity contribution in [2.75, 3.05) is 6.26 Å². The highest BCUT2D eigenvalue weighted by Crippen LogP contribution is 2.71. The van der Waals surface area contributed by atoms with Crippen molar-refractivity contribution in [3.63, 3.8) is 0 Å². The molecule has 2 nitrogen and oxygen atoms in total. The number of aliphatic hydroxyl groups excluding tert-OH is 1. The summed E-state index contributed by atoms with van der Waals surface area (Å²) >= 11 is 1.88. The average molecular weight is 365 g/mol. The van der Waals surface area contributed by atoms with Crippen LogP contribution in [-0.2, 0) is 4.79 Å². The second-order valence-electron chi connectivity index (χ2n) is 9.24. The number of rotatable bonds is 1. The largest absolute Gasteiger partial charge is 0.390 e. The monoisotopic (exact) mass is 364 g/mol. The zero-order chi connectivity index (χ0) is 18.3. The molecule has 4 aliphatic carbocycles. The van der Waals surface area contributed by atoms with E-state index in [0.717, 1.165) is 31.3 Å². The fraction of sp³-hybridized carbons (Fsp3) is 0.762. The fourth-order valence-corrected chi connectivity index (χ4v) is 7.77. The average Bonchev–Trinajstić information content (AvgIpc) is 2.82. The molecule has 0 aromatic heterocycles. The molecule has 4 heteroatoms. The molecule has 0 amide bonds. The minimum absolute atomic E-state index is 0.0438. The van der Waals surface area contributed by atoms with Crippen molar-refractivity contribution in [3.05, 3.63) is 23.8 Å². The van der Waals surface area contributed by atoms with Gasteiger partial charge in [0.05, 0.1) is 6.10 Å². The first-order valence-corrected chi connectivity index (χ1v) is 10.7. The van der Waals surface area contributed by atoms with Crippen molar-refractivity contribution in [1.29, 1.82) is 0 Å². The number of alkyl halides is 1. The van der Waals surface area contributed by atoms with Gasteiger partial charge < -0.3 is 5.11 Å². The van der Waals surface area contributed by atoms with E-state index in [4.69, 9.17) is 0 Å². The van der Waals surface area contributed by atoms with Crippen LogP contribution in [0.3, 0.4) is 0 Å². The maximum absolute atomic E-state index is 16.8. The van der Waals surface area contributed by atoms with Crippen LogP contribution < -0.4 is 0 Å². The molecule has 0 saturated heterocycles. The van der Waals surface area contributed by atoms with Crippen molar-refractivity contribution in [3.8, 4) is 0 Å². The van der Waals surface area contributed by atoms with Crippen molar-refractivity contribution in [1.82, 2.24) is 0 Å². The van der Waals surface area contributed by atoms with Gasteiger partial charge in [0.15, 0.2) is 11.5 Å². The van der Waals surface area contributed by atoms with Crippen molar-refractivity contribution < 1.29 is 14.3 Å².